The second-order valence-electron chi connectivity index (χ2n) is 7.12. The third-order valence-corrected chi connectivity index (χ3v) is 6.40. The minimum atomic E-state index is -0.262. The molecule has 2 atom stereocenters. The van der Waals surface area contributed by atoms with E-state index in [9.17, 15) is 4.79 Å². The first-order valence-corrected chi connectivity index (χ1v) is 10.7. The van der Waals surface area contributed by atoms with Crippen LogP contribution in [0.5, 0.6) is 0 Å². The molecule has 8 heteroatoms. The van der Waals surface area contributed by atoms with Gasteiger partial charge < -0.3 is 10.1 Å². The van der Waals surface area contributed by atoms with Gasteiger partial charge in [0.05, 0.1) is 6.04 Å². The lowest BCUT2D eigenvalue weighted by Gasteiger charge is -2.25. The maximum atomic E-state index is 12.6. The van der Waals surface area contributed by atoms with Crippen LogP contribution in [0.4, 0.5) is 9.93 Å². The standard InChI is InChI=1S/C19H23ClN4O2S/c20-14-8-3-7-13(11-14)16(12-5-1-2-6-12)21-18(25)22-19-24-23-17(27-19)15-9-4-10-26-15/h3,7-8,11-12,15-16H,1-2,4-6,9-10H2,(H2,21,22,24,25)/t15-,16-/m1/s1. The molecular weight excluding hydrogens is 384 g/mol. The van der Waals surface area contributed by atoms with Crippen LogP contribution < -0.4 is 10.6 Å². The van der Waals surface area contributed by atoms with Gasteiger partial charge in [0, 0.05) is 11.6 Å². The summed E-state index contributed by atoms with van der Waals surface area (Å²) in [4.78, 5) is 12.6. The quantitative estimate of drug-likeness (QED) is 0.724. The third-order valence-electron chi connectivity index (χ3n) is 5.23. The second-order valence-corrected chi connectivity index (χ2v) is 8.57. The van der Waals surface area contributed by atoms with Crippen LogP contribution in [0.1, 0.15) is 61.2 Å². The lowest BCUT2D eigenvalue weighted by atomic mass is 9.92. The summed E-state index contributed by atoms with van der Waals surface area (Å²) in [6.07, 6.45) is 6.63. The van der Waals surface area contributed by atoms with Gasteiger partial charge in [-0.3, -0.25) is 5.32 Å². The first-order chi connectivity index (χ1) is 13.2. The zero-order valence-electron chi connectivity index (χ0n) is 15.0. The maximum Gasteiger partial charge on any atom is 0.321 e. The molecule has 4 rings (SSSR count). The Morgan fingerprint density at radius 1 is 1.22 bits per heavy atom. The molecule has 1 aliphatic carbocycles. The molecule has 1 saturated carbocycles. The Labute approximate surface area is 167 Å². The van der Waals surface area contributed by atoms with Gasteiger partial charge in [-0.05, 0) is 49.3 Å². The number of benzene rings is 1. The van der Waals surface area contributed by atoms with Gasteiger partial charge >= 0.3 is 6.03 Å². The van der Waals surface area contributed by atoms with Gasteiger partial charge in [0.25, 0.3) is 0 Å². The van der Waals surface area contributed by atoms with Gasteiger partial charge in [0.15, 0.2) is 0 Å². The molecule has 1 aromatic heterocycles. The van der Waals surface area contributed by atoms with E-state index in [1.54, 1.807) is 0 Å². The Balaban J connectivity index is 1.43. The summed E-state index contributed by atoms with van der Waals surface area (Å²) in [5.41, 5.74) is 1.04. The van der Waals surface area contributed by atoms with Crippen molar-refractivity contribution < 1.29 is 9.53 Å². The fourth-order valence-corrected chi connectivity index (χ4v) is 4.95. The summed E-state index contributed by atoms with van der Waals surface area (Å²) in [5, 5.41) is 16.2. The SMILES string of the molecule is O=C(Nc1nnc([C@H]2CCCO2)s1)N[C@@H](c1cccc(Cl)c1)C1CCCC1. The summed E-state index contributed by atoms with van der Waals surface area (Å²) in [6.45, 7) is 0.760. The van der Waals surface area contributed by atoms with E-state index in [0.29, 0.717) is 16.1 Å². The largest absolute Gasteiger partial charge is 0.371 e. The molecule has 144 valence electrons. The molecule has 1 aliphatic heterocycles. The Kier molecular flexibility index (Phi) is 5.90. The number of rotatable bonds is 5. The van der Waals surface area contributed by atoms with Crippen molar-refractivity contribution in [1.29, 1.82) is 0 Å². The topological polar surface area (TPSA) is 76.1 Å². The van der Waals surface area contributed by atoms with Crippen molar-refractivity contribution in [3.05, 3.63) is 39.9 Å². The fraction of sp³-hybridized carbons (Fsp3) is 0.526. The van der Waals surface area contributed by atoms with E-state index >= 15 is 0 Å². The number of carbonyl (C=O) groups excluding carboxylic acids is 1. The number of nitrogens with one attached hydrogen (secondary N) is 2. The van der Waals surface area contributed by atoms with Crippen molar-refractivity contribution in [2.75, 3.05) is 11.9 Å². The minimum Gasteiger partial charge on any atom is -0.371 e. The highest BCUT2D eigenvalue weighted by molar-refractivity contribution is 7.15. The highest BCUT2D eigenvalue weighted by atomic mass is 35.5. The Hall–Kier alpha value is -1.70. The van der Waals surface area contributed by atoms with E-state index in [2.05, 4.69) is 20.8 Å². The van der Waals surface area contributed by atoms with Gasteiger partial charge in [-0.25, -0.2) is 4.79 Å². The molecule has 6 nitrogen and oxygen atoms in total. The highest BCUT2D eigenvalue weighted by Gasteiger charge is 2.28. The molecule has 2 N–H and O–H groups in total. The molecular formula is C19H23ClN4O2S. The lowest BCUT2D eigenvalue weighted by molar-refractivity contribution is 0.111. The summed E-state index contributed by atoms with van der Waals surface area (Å²) in [6, 6.07) is 7.42. The monoisotopic (exact) mass is 406 g/mol. The van der Waals surface area contributed by atoms with E-state index in [-0.39, 0.29) is 18.2 Å². The molecule has 1 aromatic carbocycles. The first-order valence-electron chi connectivity index (χ1n) is 9.47. The molecule has 2 fully saturated rings. The molecule has 2 heterocycles. The number of carbonyl (C=O) groups is 1. The van der Waals surface area contributed by atoms with Crippen molar-refractivity contribution in [3.8, 4) is 0 Å². The highest BCUT2D eigenvalue weighted by Crippen LogP contribution is 2.36. The van der Waals surface area contributed by atoms with Crippen LogP contribution in [0.3, 0.4) is 0 Å². The first kappa shape index (κ1) is 18.7. The van der Waals surface area contributed by atoms with E-state index in [1.807, 2.05) is 24.3 Å². The van der Waals surface area contributed by atoms with Crippen LogP contribution in [-0.2, 0) is 4.74 Å². The Morgan fingerprint density at radius 3 is 2.81 bits per heavy atom. The predicted octanol–water partition coefficient (Wildman–Crippen LogP) is 5.10. The fourth-order valence-electron chi connectivity index (χ4n) is 3.93. The summed E-state index contributed by atoms with van der Waals surface area (Å²) >= 11 is 7.55. The van der Waals surface area contributed by atoms with Crippen molar-refractivity contribution in [2.24, 2.45) is 5.92 Å². The maximum absolute atomic E-state index is 12.6. The minimum absolute atomic E-state index is 0.0128. The number of ether oxygens (including phenoxy) is 1. The van der Waals surface area contributed by atoms with Gasteiger partial charge in [-0.1, -0.05) is 47.9 Å². The van der Waals surface area contributed by atoms with E-state index in [4.69, 9.17) is 16.3 Å². The van der Waals surface area contributed by atoms with E-state index < -0.39 is 0 Å². The molecule has 0 spiro atoms. The van der Waals surface area contributed by atoms with Gasteiger partial charge in [0.1, 0.15) is 11.1 Å². The number of urea groups is 1. The number of anilines is 1. The zero-order chi connectivity index (χ0) is 18.6. The third kappa shape index (κ3) is 4.59. The summed E-state index contributed by atoms with van der Waals surface area (Å²) < 4.78 is 5.63. The normalized spacial score (nSPS) is 21.3. The van der Waals surface area contributed by atoms with Crippen LogP contribution in [0, 0.1) is 5.92 Å². The molecule has 0 bridgehead atoms. The number of halogens is 1. The number of hydrogen-bond donors (Lipinski definition) is 2. The van der Waals surface area contributed by atoms with Crippen LogP contribution in [-0.4, -0.2) is 22.8 Å². The molecule has 2 amide bonds. The molecule has 2 aliphatic rings. The number of amides is 2. The van der Waals surface area contributed by atoms with E-state index in [1.165, 1.54) is 24.2 Å². The van der Waals surface area contributed by atoms with Crippen molar-refractivity contribution >= 4 is 34.1 Å². The molecule has 0 unspecified atom stereocenters. The van der Waals surface area contributed by atoms with Crippen LogP contribution >= 0.6 is 22.9 Å². The van der Waals surface area contributed by atoms with Gasteiger partial charge in [-0.15, -0.1) is 10.2 Å². The zero-order valence-corrected chi connectivity index (χ0v) is 16.6. The smallest absolute Gasteiger partial charge is 0.321 e. The second kappa shape index (κ2) is 8.54. The number of nitrogens with zero attached hydrogens (tertiary/aromatic N) is 2. The lowest BCUT2D eigenvalue weighted by Crippen LogP contribution is -2.35. The average Bonchev–Trinajstić information content (AvgIpc) is 3.40. The van der Waals surface area contributed by atoms with E-state index in [0.717, 1.165) is 42.9 Å². The Morgan fingerprint density at radius 2 is 2.07 bits per heavy atom. The van der Waals surface area contributed by atoms with Crippen LogP contribution in [0.25, 0.3) is 0 Å². The predicted molar refractivity (Wildman–Crippen MR) is 106 cm³/mol. The van der Waals surface area contributed by atoms with Crippen molar-refractivity contribution in [1.82, 2.24) is 15.5 Å². The van der Waals surface area contributed by atoms with Crippen molar-refractivity contribution in [2.45, 2.75) is 50.7 Å². The summed E-state index contributed by atoms with van der Waals surface area (Å²) in [5.74, 6) is 0.422. The molecule has 0 radical (unpaired) electrons. The van der Waals surface area contributed by atoms with Crippen LogP contribution in [0.15, 0.2) is 24.3 Å². The summed E-state index contributed by atoms with van der Waals surface area (Å²) in [7, 11) is 0. The number of hydrogen-bond acceptors (Lipinski definition) is 5. The van der Waals surface area contributed by atoms with Gasteiger partial charge in [0.2, 0.25) is 5.13 Å². The molecule has 1 saturated heterocycles. The Bertz CT molecular complexity index is 788. The molecule has 27 heavy (non-hydrogen) atoms. The number of aromatic nitrogens is 2. The van der Waals surface area contributed by atoms with Crippen molar-refractivity contribution in [3.63, 3.8) is 0 Å². The average molecular weight is 407 g/mol. The molecule has 2 aromatic rings. The van der Waals surface area contributed by atoms with Crippen LogP contribution in [0.2, 0.25) is 5.02 Å². The van der Waals surface area contributed by atoms with Gasteiger partial charge in [-0.2, -0.15) is 0 Å².